The first kappa shape index (κ1) is 11.6. The third kappa shape index (κ3) is 2.84. The fraction of sp³-hybridized carbons (Fsp3) is 0.308. The van der Waals surface area contributed by atoms with Crippen molar-refractivity contribution in [2.45, 2.75) is 12.8 Å². The lowest BCUT2D eigenvalue weighted by atomic mass is 10.1. The summed E-state index contributed by atoms with van der Waals surface area (Å²) in [7, 11) is 1.66. The molecule has 2 rings (SSSR count). The lowest BCUT2D eigenvalue weighted by Crippen LogP contribution is -1.93. The van der Waals surface area contributed by atoms with Gasteiger partial charge in [-0.2, -0.15) is 0 Å². The van der Waals surface area contributed by atoms with Gasteiger partial charge in [-0.15, -0.1) is 0 Å². The van der Waals surface area contributed by atoms with Crippen molar-refractivity contribution in [3.8, 4) is 5.75 Å². The zero-order chi connectivity index (χ0) is 11.5. The maximum Gasteiger partial charge on any atom is 0.158 e. The molecular weight excluding hydrogens is 315 g/mol. The van der Waals surface area contributed by atoms with Gasteiger partial charge in [-0.05, 0) is 59.2 Å². The molecule has 0 amide bonds. The van der Waals surface area contributed by atoms with Crippen LogP contribution in [0.2, 0.25) is 0 Å². The molecule has 3 heteroatoms. The van der Waals surface area contributed by atoms with Crippen LogP contribution in [0, 0.1) is 9.49 Å². The van der Waals surface area contributed by atoms with Gasteiger partial charge in [0.05, 0.1) is 10.7 Å². The van der Waals surface area contributed by atoms with E-state index in [0.29, 0.717) is 5.92 Å². The zero-order valence-corrected chi connectivity index (χ0v) is 11.2. The van der Waals surface area contributed by atoms with E-state index < -0.39 is 0 Å². The van der Waals surface area contributed by atoms with E-state index in [1.54, 1.807) is 13.2 Å². The van der Waals surface area contributed by atoms with Gasteiger partial charge in [0.1, 0.15) is 5.75 Å². The summed E-state index contributed by atoms with van der Waals surface area (Å²) in [6.07, 6.45) is 5.68. The minimum absolute atomic E-state index is 0.255. The number of rotatable bonds is 4. The van der Waals surface area contributed by atoms with E-state index in [1.807, 2.05) is 24.3 Å². The number of benzene rings is 1. The zero-order valence-electron chi connectivity index (χ0n) is 9.07. The smallest absolute Gasteiger partial charge is 0.158 e. The quantitative estimate of drug-likeness (QED) is 0.626. The highest BCUT2D eigenvalue weighted by molar-refractivity contribution is 14.1. The molecule has 1 saturated carbocycles. The molecule has 0 saturated heterocycles. The van der Waals surface area contributed by atoms with E-state index in [2.05, 4.69) is 22.6 Å². The highest BCUT2D eigenvalue weighted by Crippen LogP contribution is 2.30. The largest absolute Gasteiger partial charge is 0.496 e. The fourth-order valence-corrected chi connectivity index (χ4v) is 2.23. The molecule has 1 aromatic rings. The Balaban J connectivity index is 2.09. The Morgan fingerprint density at radius 2 is 2.25 bits per heavy atom. The first-order chi connectivity index (χ1) is 7.70. The maximum atomic E-state index is 11.5. The summed E-state index contributed by atoms with van der Waals surface area (Å²) >= 11 is 2.22. The number of carbonyl (C=O) groups is 1. The molecule has 0 heterocycles. The number of carbonyl (C=O) groups excluding carboxylic acids is 1. The molecule has 0 unspecified atom stereocenters. The molecule has 2 nitrogen and oxygen atoms in total. The molecular formula is C13H13IO2. The number of allylic oxidation sites excluding steroid dienone is 1. The predicted molar refractivity (Wildman–Crippen MR) is 72.5 cm³/mol. The van der Waals surface area contributed by atoms with Crippen LogP contribution in [0.25, 0.3) is 6.08 Å². The Kier molecular flexibility index (Phi) is 3.63. The summed E-state index contributed by atoms with van der Waals surface area (Å²) in [5.74, 6) is 1.42. The van der Waals surface area contributed by atoms with E-state index in [4.69, 9.17) is 4.74 Å². The summed E-state index contributed by atoms with van der Waals surface area (Å²) < 4.78 is 6.23. The number of hydrogen-bond acceptors (Lipinski definition) is 2. The Morgan fingerprint density at radius 1 is 1.50 bits per heavy atom. The molecule has 0 atom stereocenters. The molecule has 1 aromatic carbocycles. The average molecular weight is 328 g/mol. The van der Waals surface area contributed by atoms with Gasteiger partial charge in [0.25, 0.3) is 0 Å². The maximum absolute atomic E-state index is 11.5. The van der Waals surface area contributed by atoms with E-state index in [0.717, 1.165) is 27.7 Å². The van der Waals surface area contributed by atoms with Gasteiger partial charge in [-0.3, -0.25) is 4.79 Å². The molecule has 0 aliphatic heterocycles. The first-order valence-corrected chi connectivity index (χ1v) is 6.34. The van der Waals surface area contributed by atoms with Crippen LogP contribution in [0.15, 0.2) is 24.3 Å². The summed E-state index contributed by atoms with van der Waals surface area (Å²) in [5, 5.41) is 0. The van der Waals surface area contributed by atoms with Gasteiger partial charge in [-0.25, -0.2) is 0 Å². The van der Waals surface area contributed by atoms with Gasteiger partial charge < -0.3 is 4.74 Å². The summed E-state index contributed by atoms with van der Waals surface area (Å²) in [4.78, 5) is 11.5. The van der Waals surface area contributed by atoms with Crippen LogP contribution >= 0.6 is 22.6 Å². The van der Waals surface area contributed by atoms with Crippen molar-refractivity contribution in [3.05, 3.63) is 33.4 Å². The summed E-state index contributed by atoms with van der Waals surface area (Å²) in [6, 6.07) is 5.89. The second kappa shape index (κ2) is 4.99. The Bertz CT molecular complexity index is 434. The van der Waals surface area contributed by atoms with Gasteiger partial charge in [0.2, 0.25) is 0 Å². The van der Waals surface area contributed by atoms with E-state index in [1.165, 1.54) is 0 Å². The lowest BCUT2D eigenvalue weighted by Gasteiger charge is -2.03. The number of halogens is 1. The van der Waals surface area contributed by atoms with Crippen LogP contribution in [0.5, 0.6) is 5.75 Å². The van der Waals surface area contributed by atoms with Crippen molar-refractivity contribution in [2.24, 2.45) is 5.92 Å². The first-order valence-electron chi connectivity index (χ1n) is 5.26. The summed E-state index contributed by atoms with van der Waals surface area (Å²) in [5.41, 5.74) is 1.04. The van der Waals surface area contributed by atoms with E-state index >= 15 is 0 Å². The Morgan fingerprint density at radius 3 is 2.81 bits per heavy atom. The molecule has 1 aliphatic carbocycles. The van der Waals surface area contributed by atoms with Crippen molar-refractivity contribution < 1.29 is 9.53 Å². The molecule has 0 aromatic heterocycles. The molecule has 16 heavy (non-hydrogen) atoms. The number of methoxy groups -OCH3 is 1. The topological polar surface area (TPSA) is 26.3 Å². The van der Waals surface area contributed by atoms with Crippen LogP contribution in [-0.4, -0.2) is 12.9 Å². The number of ketones is 1. The minimum Gasteiger partial charge on any atom is -0.496 e. The third-order valence-electron chi connectivity index (χ3n) is 2.60. The van der Waals surface area contributed by atoms with E-state index in [-0.39, 0.29) is 5.78 Å². The van der Waals surface area contributed by atoms with Crippen molar-refractivity contribution in [3.63, 3.8) is 0 Å². The highest BCUT2D eigenvalue weighted by atomic mass is 127. The highest BCUT2D eigenvalue weighted by Gasteiger charge is 2.27. The lowest BCUT2D eigenvalue weighted by molar-refractivity contribution is -0.115. The molecule has 0 radical (unpaired) electrons. The number of ether oxygens (including phenoxy) is 1. The Hall–Kier alpha value is -0.840. The molecule has 1 fully saturated rings. The van der Waals surface area contributed by atoms with E-state index in [9.17, 15) is 4.79 Å². The van der Waals surface area contributed by atoms with Gasteiger partial charge in [-0.1, -0.05) is 12.1 Å². The second-order valence-corrected chi connectivity index (χ2v) is 5.07. The molecule has 0 N–H and O–H groups in total. The molecule has 0 spiro atoms. The van der Waals surface area contributed by atoms with Crippen LogP contribution < -0.4 is 4.74 Å². The van der Waals surface area contributed by atoms with Crippen molar-refractivity contribution in [1.82, 2.24) is 0 Å². The van der Waals surface area contributed by atoms with Crippen molar-refractivity contribution >= 4 is 34.5 Å². The SMILES string of the molecule is COc1ccc(/C=C/C(=O)C2CC2)cc1I. The molecule has 0 bridgehead atoms. The minimum atomic E-state index is 0.255. The second-order valence-electron chi connectivity index (χ2n) is 3.90. The van der Waals surface area contributed by atoms with Crippen LogP contribution in [0.3, 0.4) is 0 Å². The fourth-order valence-electron chi connectivity index (χ4n) is 1.47. The molecule has 1 aliphatic rings. The van der Waals surface area contributed by atoms with Gasteiger partial charge in [0.15, 0.2) is 5.78 Å². The monoisotopic (exact) mass is 328 g/mol. The summed E-state index contributed by atoms with van der Waals surface area (Å²) in [6.45, 7) is 0. The number of hydrogen-bond donors (Lipinski definition) is 0. The van der Waals surface area contributed by atoms with Crippen LogP contribution in [0.1, 0.15) is 18.4 Å². The van der Waals surface area contributed by atoms with Gasteiger partial charge in [0, 0.05) is 5.92 Å². The standard InChI is InChI=1S/C13H13IO2/c1-16-13-7-3-9(8-11(13)14)2-6-12(15)10-4-5-10/h2-3,6-8,10H,4-5H2,1H3/b6-2+. The van der Waals surface area contributed by atoms with Crippen LogP contribution in [0.4, 0.5) is 0 Å². The van der Waals surface area contributed by atoms with Crippen molar-refractivity contribution in [1.29, 1.82) is 0 Å². The predicted octanol–water partition coefficient (Wildman–Crippen LogP) is 3.29. The van der Waals surface area contributed by atoms with Crippen molar-refractivity contribution in [2.75, 3.05) is 7.11 Å². The van der Waals surface area contributed by atoms with Crippen LogP contribution in [-0.2, 0) is 4.79 Å². The Labute approximate surface area is 109 Å². The van der Waals surface area contributed by atoms with Gasteiger partial charge >= 0.3 is 0 Å². The average Bonchev–Trinajstić information content (AvgIpc) is 3.10. The normalized spacial score (nSPS) is 15.4. The molecule has 84 valence electrons. The third-order valence-corrected chi connectivity index (χ3v) is 3.44.